The minimum Gasteiger partial charge on any atom is -0.393 e. The Kier molecular flexibility index (Phi) is 3.76. The van der Waals surface area contributed by atoms with Crippen LogP contribution in [0.1, 0.15) is 13.3 Å². The molecule has 4 nitrogen and oxygen atoms in total. The van der Waals surface area contributed by atoms with Crippen molar-refractivity contribution in [2.24, 2.45) is 5.73 Å². The molecular weight excluding hydrogens is 196 g/mol. The van der Waals surface area contributed by atoms with Crippen LogP contribution in [-0.4, -0.2) is 28.0 Å². The number of hydrogen-bond donors (Lipinski definition) is 1. The van der Waals surface area contributed by atoms with Crippen molar-refractivity contribution >= 4 is 23.0 Å². The third kappa shape index (κ3) is 2.92. The molecule has 1 heterocycles. The van der Waals surface area contributed by atoms with Crippen LogP contribution in [0.5, 0.6) is 0 Å². The first-order valence-electron chi connectivity index (χ1n) is 4.38. The smallest absolute Gasteiger partial charge is 0.147 e. The first kappa shape index (κ1) is 10.8. The van der Waals surface area contributed by atoms with E-state index in [1.165, 1.54) is 0 Å². The predicted octanol–water partition coefficient (Wildman–Crippen LogP) is 0.977. The maximum Gasteiger partial charge on any atom is 0.147 e. The van der Waals surface area contributed by atoms with Crippen molar-refractivity contribution in [2.75, 3.05) is 11.9 Å². The van der Waals surface area contributed by atoms with E-state index in [1.54, 1.807) is 18.6 Å². The summed E-state index contributed by atoms with van der Waals surface area (Å²) in [5, 5.41) is 0. The fourth-order valence-electron chi connectivity index (χ4n) is 1.13. The van der Waals surface area contributed by atoms with Crippen molar-refractivity contribution in [1.82, 2.24) is 9.97 Å². The summed E-state index contributed by atoms with van der Waals surface area (Å²) in [6.07, 6.45) is 5.72. The van der Waals surface area contributed by atoms with E-state index >= 15 is 0 Å². The third-order valence-electron chi connectivity index (χ3n) is 2.07. The molecule has 0 radical (unpaired) electrons. The highest BCUT2D eigenvalue weighted by Gasteiger charge is 2.11. The summed E-state index contributed by atoms with van der Waals surface area (Å²) in [5.41, 5.74) is 5.48. The standard InChI is InChI=1S/C9H14N4S/c1-7(5-8(10)14)13(2)9-6-11-3-4-12-9/h3-4,6-7H,5H2,1-2H3,(H2,10,14). The van der Waals surface area contributed by atoms with Gasteiger partial charge in [0.15, 0.2) is 0 Å². The molecule has 0 fully saturated rings. The van der Waals surface area contributed by atoms with Gasteiger partial charge in [0.2, 0.25) is 0 Å². The van der Waals surface area contributed by atoms with Crippen molar-refractivity contribution < 1.29 is 0 Å². The molecule has 1 rings (SSSR count). The number of hydrogen-bond acceptors (Lipinski definition) is 4. The van der Waals surface area contributed by atoms with Gasteiger partial charge >= 0.3 is 0 Å². The highest BCUT2D eigenvalue weighted by Crippen LogP contribution is 2.11. The van der Waals surface area contributed by atoms with E-state index in [1.807, 2.05) is 18.9 Å². The van der Waals surface area contributed by atoms with Crippen molar-refractivity contribution in [3.8, 4) is 0 Å². The lowest BCUT2D eigenvalue weighted by Gasteiger charge is -2.24. The van der Waals surface area contributed by atoms with Crippen LogP contribution in [0.3, 0.4) is 0 Å². The Balaban J connectivity index is 2.65. The van der Waals surface area contributed by atoms with Gasteiger partial charge in [0.25, 0.3) is 0 Å². The molecule has 0 aliphatic carbocycles. The highest BCUT2D eigenvalue weighted by atomic mass is 32.1. The lowest BCUT2D eigenvalue weighted by molar-refractivity contribution is 0.703. The van der Waals surface area contributed by atoms with Gasteiger partial charge in [-0.2, -0.15) is 0 Å². The average Bonchev–Trinajstić information content (AvgIpc) is 2.17. The van der Waals surface area contributed by atoms with E-state index in [-0.39, 0.29) is 6.04 Å². The minimum atomic E-state index is 0.240. The molecule has 1 aromatic rings. The summed E-state index contributed by atoms with van der Waals surface area (Å²) in [7, 11) is 1.95. The molecule has 1 aromatic heterocycles. The van der Waals surface area contributed by atoms with Crippen LogP contribution in [0.2, 0.25) is 0 Å². The summed E-state index contributed by atoms with van der Waals surface area (Å²) in [5.74, 6) is 0.830. The molecule has 76 valence electrons. The van der Waals surface area contributed by atoms with Crippen LogP contribution < -0.4 is 10.6 Å². The summed E-state index contributed by atoms with van der Waals surface area (Å²) >= 11 is 4.86. The number of thiocarbonyl (C=S) groups is 1. The van der Waals surface area contributed by atoms with Crippen LogP contribution in [0, 0.1) is 0 Å². The number of rotatable bonds is 4. The minimum absolute atomic E-state index is 0.240. The van der Waals surface area contributed by atoms with Gasteiger partial charge < -0.3 is 10.6 Å². The Morgan fingerprint density at radius 2 is 2.36 bits per heavy atom. The van der Waals surface area contributed by atoms with Gasteiger partial charge in [0.05, 0.1) is 11.2 Å². The zero-order valence-electron chi connectivity index (χ0n) is 8.34. The quantitative estimate of drug-likeness (QED) is 0.751. The molecule has 0 amide bonds. The lowest BCUT2D eigenvalue weighted by atomic mass is 10.2. The lowest BCUT2D eigenvalue weighted by Crippen LogP contribution is -2.33. The van der Waals surface area contributed by atoms with Crippen molar-refractivity contribution in [1.29, 1.82) is 0 Å². The Hall–Kier alpha value is -1.23. The van der Waals surface area contributed by atoms with E-state index in [0.717, 1.165) is 5.82 Å². The van der Waals surface area contributed by atoms with Gasteiger partial charge in [0, 0.05) is 31.9 Å². The fourth-order valence-corrected chi connectivity index (χ4v) is 1.37. The second-order valence-electron chi connectivity index (χ2n) is 3.19. The molecule has 0 saturated carbocycles. The molecule has 1 atom stereocenters. The van der Waals surface area contributed by atoms with E-state index in [9.17, 15) is 0 Å². The fraction of sp³-hybridized carbons (Fsp3) is 0.444. The van der Waals surface area contributed by atoms with Crippen LogP contribution in [0.15, 0.2) is 18.6 Å². The van der Waals surface area contributed by atoms with Gasteiger partial charge in [0.1, 0.15) is 5.82 Å². The van der Waals surface area contributed by atoms with Gasteiger partial charge in [-0.15, -0.1) is 0 Å². The van der Waals surface area contributed by atoms with E-state index in [2.05, 4.69) is 9.97 Å². The number of aromatic nitrogens is 2. The summed E-state index contributed by atoms with van der Waals surface area (Å²) in [6, 6.07) is 0.240. The first-order valence-corrected chi connectivity index (χ1v) is 4.79. The summed E-state index contributed by atoms with van der Waals surface area (Å²) < 4.78 is 0. The van der Waals surface area contributed by atoms with Gasteiger partial charge in [-0.05, 0) is 6.92 Å². The first-order chi connectivity index (χ1) is 6.61. The molecule has 1 unspecified atom stereocenters. The molecule has 0 aliphatic heterocycles. The van der Waals surface area contributed by atoms with E-state index in [4.69, 9.17) is 18.0 Å². The van der Waals surface area contributed by atoms with Crippen molar-refractivity contribution in [3.63, 3.8) is 0 Å². The highest BCUT2D eigenvalue weighted by molar-refractivity contribution is 7.80. The second kappa shape index (κ2) is 4.85. The molecule has 5 heteroatoms. The van der Waals surface area contributed by atoms with E-state index < -0.39 is 0 Å². The average molecular weight is 210 g/mol. The van der Waals surface area contributed by atoms with Crippen LogP contribution in [0.4, 0.5) is 5.82 Å². The monoisotopic (exact) mass is 210 g/mol. The molecule has 0 aromatic carbocycles. The van der Waals surface area contributed by atoms with Gasteiger partial charge in [-0.3, -0.25) is 4.98 Å². The Bertz CT molecular complexity index is 301. The maximum atomic E-state index is 5.48. The number of anilines is 1. The Morgan fingerprint density at radius 3 is 2.86 bits per heavy atom. The molecular formula is C9H14N4S. The largest absolute Gasteiger partial charge is 0.393 e. The topological polar surface area (TPSA) is 55.0 Å². The number of nitrogens with two attached hydrogens (primary N) is 1. The van der Waals surface area contributed by atoms with Crippen molar-refractivity contribution in [2.45, 2.75) is 19.4 Å². The Labute approximate surface area is 89.2 Å². The molecule has 0 aliphatic rings. The van der Waals surface area contributed by atoms with Gasteiger partial charge in [-0.25, -0.2) is 4.98 Å². The predicted molar refractivity (Wildman–Crippen MR) is 61.3 cm³/mol. The second-order valence-corrected chi connectivity index (χ2v) is 3.72. The zero-order chi connectivity index (χ0) is 10.6. The maximum absolute atomic E-state index is 5.48. The Morgan fingerprint density at radius 1 is 1.64 bits per heavy atom. The number of nitrogens with zero attached hydrogens (tertiary/aromatic N) is 3. The summed E-state index contributed by atoms with van der Waals surface area (Å²) in [6.45, 7) is 2.05. The summed E-state index contributed by atoms with van der Waals surface area (Å²) in [4.78, 5) is 10.7. The zero-order valence-corrected chi connectivity index (χ0v) is 9.16. The van der Waals surface area contributed by atoms with Crippen molar-refractivity contribution in [3.05, 3.63) is 18.6 Å². The van der Waals surface area contributed by atoms with E-state index in [0.29, 0.717) is 11.4 Å². The molecule has 0 saturated heterocycles. The SMILES string of the molecule is CC(CC(N)=S)N(C)c1cnccn1. The molecule has 14 heavy (non-hydrogen) atoms. The molecule has 0 spiro atoms. The van der Waals surface area contributed by atoms with Crippen LogP contribution in [0.25, 0.3) is 0 Å². The molecule has 2 N–H and O–H groups in total. The van der Waals surface area contributed by atoms with Crippen LogP contribution in [-0.2, 0) is 0 Å². The van der Waals surface area contributed by atoms with Crippen LogP contribution >= 0.6 is 12.2 Å². The molecule has 0 bridgehead atoms. The third-order valence-corrected chi connectivity index (χ3v) is 2.24. The van der Waals surface area contributed by atoms with Gasteiger partial charge in [-0.1, -0.05) is 12.2 Å². The normalized spacial score (nSPS) is 12.1.